The Bertz CT molecular complexity index is 291. The minimum atomic E-state index is -1.06. The number of carboxylic acid groups (broad SMARTS) is 1. The third-order valence-corrected chi connectivity index (χ3v) is 3.26. The summed E-state index contributed by atoms with van der Waals surface area (Å²) < 4.78 is 0. The van der Waals surface area contributed by atoms with E-state index in [2.05, 4.69) is 0 Å². The number of nitrogens with zero attached hydrogens (tertiary/aromatic N) is 1. The van der Waals surface area contributed by atoms with Gasteiger partial charge in [0.2, 0.25) is 5.91 Å². The lowest BCUT2D eigenvalue weighted by atomic mass is 10.0. The van der Waals surface area contributed by atoms with Crippen molar-refractivity contribution in [3.05, 3.63) is 0 Å². The van der Waals surface area contributed by atoms with Gasteiger partial charge in [0.15, 0.2) is 0 Å². The average Bonchev–Trinajstić information content (AvgIpc) is 2.68. The lowest BCUT2D eigenvalue weighted by Gasteiger charge is -2.23. The molecule has 0 bridgehead atoms. The number of hydrogen-bond acceptors (Lipinski definition) is 4. The van der Waals surface area contributed by atoms with Gasteiger partial charge in [0.25, 0.3) is 0 Å². The highest BCUT2D eigenvalue weighted by molar-refractivity contribution is 5.84. The molecule has 1 aliphatic rings. The molecule has 1 rings (SSSR count). The molecule has 0 aromatic carbocycles. The van der Waals surface area contributed by atoms with Gasteiger partial charge >= 0.3 is 5.97 Å². The van der Waals surface area contributed by atoms with Gasteiger partial charge in [0, 0.05) is 19.4 Å². The van der Waals surface area contributed by atoms with Crippen molar-refractivity contribution in [3.8, 4) is 0 Å². The highest BCUT2D eigenvalue weighted by Crippen LogP contribution is 2.21. The van der Waals surface area contributed by atoms with Gasteiger partial charge in [-0.15, -0.1) is 0 Å². The van der Waals surface area contributed by atoms with E-state index in [-0.39, 0.29) is 31.2 Å². The number of carbonyl (C=O) groups excluding carboxylic acids is 1. The Morgan fingerprint density at radius 3 is 2.65 bits per heavy atom. The van der Waals surface area contributed by atoms with E-state index < -0.39 is 18.1 Å². The number of aliphatic hydroxyl groups is 1. The minimum absolute atomic E-state index is 0.0784. The van der Waals surface area contributed by atoms with E-state index >= 15 is 0 Å². The lowest BCUT2D eigenvalue weighted by Crippen LogP contribution is -2.41. The zero-order valence-corrected chi connectivity index (χ0v) is 10.0. The lowest BCUT2D eigenvalue weighted by molar-refractivity contribution is -0.148. The summed E-state index contributed by atoms with van der Waals surface area (Å²) in [5.74, 6) is -1.21. The molecule has 0 aromatic heterocycles. The van der Waals surface area contributed by atoms with Crippen LogP contribution in [0.5, 0.6) is 0 Å². The molecule has 1 aliphatic heterocycles. The maximum Gasteiger partial charge on any atom is 0.326 e. The van der Waals surface area contributed by atoms with Crippen LogP contribution in [0.15, 0.2) is 0 Å². The van der Waals surface area contributed by atoms with Crippen molar-refractivity contribution in [2.75, 3.05) is 13.1 Å². The molecule has 1 heterocycles. The maximum atomic E-state index is 11.9. The van der Waals surface area contributed by atoms with Crippen LogP contribution in [0.2, 0.25) is 0 Å². The number of amides is 1. The maximum absolute atomic E-state index is 11.9. The van der Waals surface area contributed by atoms with Crippen molar-refractivity contribution in [2.24, 2.45) is 11.7 Å². The molecule has 0 aromatic rings. The van der Waals surface area contributed by atoms with Crippen LogP contribution < -0.4 is 5.73 Å². The first-order chi connectivity index (χ1) is 7.99. The highest BCUT2D eigenvalue weighted by Gasteiger charge is 2.38. The summed E-state index contributed by atoms with van der Waals surface area (Å²) in [5, 5.41) is 18.4. The van der Waals surface area contributed by atoms with Gasteiger partial charge in [-0.25, -0.2) is 4.79 Å². The van der Waals surface area contributed by atoms with Crippen LogP contribution in [0, 0.1) is 5.92 Å². The Hall–Kier alpha value is -1.14. The zero-order valence-electron chi connectivity index (χ0n) is 10.0. The summed E-state index contributed by atoms with van der Waals surface area (Å²) >= 11 is 0. The van der Waals surface area contributed by atoms with Gasteiger partial charge in [0.1, 0.15) is 6.04 Å². The van der Waals surface area contributed by atoms with Gasteiger partial charge < -0.3 is 20.8 Å². The molecule has 1 fully saturated rings. The number of rotatable bonds is 5. The summed E-state index contributed by atoms with van der Waals surface area (Å²) in [4.78, 5) is 24.1. The summed E-state index contributed by atoms with van der Waals surface area (Å²) in [6, 6.07) is -0.896. The van der Waals surface area contributed by atoms with Crippen LogP contribution in [0.4, 0.5) is 0 Å². The van der Waals surface area contributed by atoms with Crippen molar-refractivity contribution < 1.29 is 19.8 Å². The largest absolute Gasteiger partial charge is 0.480 e. The molecule has 3 atom stereocenters. The van der Waals surface area contributed by atoms with Gasteiger partial charge in [-0.1, -0.05) is 13.3 Å². The van der Waals surface area contributed by atoms with Crippen molar-refractivity contribution in [1.82, 2.24) is 4.90 Å². The van der Waals surface area contributed by atoms with E-state index in [1.165, 1.54) is 4.90 Å². The normalized spacial score (nSPS) is 25.9. The summed E-state index contributed by atoms with van der Waals surface area (Å²) in [7, 11) is 0. The van der Waals surface area contributed by atoms with E-state index in [0.717, 1.165) is 6.42 Å². The first-order valence-corrected chi connectivity index (χ1v) is 5.90. The number of likely N-dealkylation sites (tertiary alicyclic amines) is 1. The number of carbonyl (C=O) groups is 2. The Morgan fingerprint density at radius 2 is 2.18 bits per heavy atom. The Labute approximate surface area is 100 Å². The van der Waals surface area contributed by atoms with Crippen LogP contribution in [0.1, 0.15) is 26.2 Å². The Morgan fingerprint density at radius 1 is 1.53 bits per heavy atom. The van der Waals surface area contributed by atoms with Gasteiger partial charge in [-0.2, -0.15) is 0 Å². The van der Waals surface area contributed by atoms with Crippen molar-refractivity contribution in [1.29, 1.82) is 0 Å². The number of hydrogen-bond donors (Lipinski definition) is 3. The summed E-state index contributed by atoms with van der Waals surface area (Å²) in [5.41, 5.74) is 5.52. The van der Waals surface area contributed by atoms with Gasteiger partial charge in [-0.3, -0.25) is 4.79 Å². The first kappa shape index (κ1) is 13.9. The van der Waals surface area contributed by atoms with Crippen LogP contribution in [-0.2, 0) is 9.59 Å². The number of aliphatic carboxylic acids is 1. The SMILES string of the molecule is CCC(CN)CC(=O)N1CC(O)C[C@H]1C(=O)O. The highest BCUT2D eigenvalue weighted by atomic mass is 16.4. The van der Waals surface area contributed by atoms with E-state index in [1.807, 2.05) is 6.92 Å². The van der Waals surface area contributed by atoms with Crippen molar-refractivity contribution in [2.45, 2.75) is 38.3 Å². The third-order valence-electron chi connectivity index (χ3n) is 3.26. The Balaban J connectivity index is 2.64. The van der Waals surface area contributed by atoms with Gasteiger partial charge in [-0.05, 0) is 12.5 Å². The molecule has 2 unspecified atom stereocenters. The number of nitrogens with two attached hydrogens (primary N) is 1. The van der Waals surface area contributed by atoms with E-state index in [4.69, 9.17) is 10.8 Å². The second-order valence-electron chi connectivity index (χ2n) is 4.50. The van der Waals surface area contributed by atoms with Crippen LogP contribution in [0.25, 0.3) is 0 Å². The zero-order chi connectivity index (χ0) is 13.0. The monoisotopic (exact) mass is 244 g/mol. The molecule has 1 saturated heterocycles. The molecule has 0 aliphatic carbocycles. The third kappa shape index (κ3) is 3.41. The standard InChI is InChI=1S/C11H20N2O4/c1-2-7(5-12)3-10(15)13-6-8(14)4-9(13)11(16)17/h7-9,14H,2-6,12H2,1H3,(H,16,17)/t7?,8?,9-/m0/s1. The second-order valence-corrected chi connectivity index (χ2v) is 4.50. The first-order valence-electron chi connectivity index (χ1n) is 5.90. The smallest absolute Gasteiger partial charge is 0.326 e. The molecule has 98 valence electrons. The van der Waals surface area contributed by atoms with Crippen molar-refractivity contribution >= 4 is 11.9 Å². The molecule has 0 radical (unpaired) electrons. The van der Waals surface area contributed by atoms with Crippen LogP contribution in [0.3, 0.4) is 0 Å². The second kappa shape index (κ2) is 5.97. The summed E-state index contributed by atoms with van der Waals surface area (Å²) in [6.45, 7) is 2.46. The van der Waals surface area contributed by atoms with E-state index in [1.54, 1.807) is 0 Å². The molecule has 0 saturated carbocycles. The number of aliphatic hydroxyl groups excluding tert-OH is 1. The number of carboxylic acids is 1. The van der Waals surface area contributed by atoms with Crippen LogP contribution in [-0.4, -0.2) is 52.2 Å². The molecular formula is C11H20N2O4. The quantitative estimate of drug-likeness (QED) is 0.599. The molecule has 6 heteroatoms. The fourth-order valence-corrected chi connectivity index (χ4v) is 2.08. The molecule has 4 N–H and O–H groups in total. The molecule has 6 nitrogen and oxygen atoms in total. The van der Waals surface area contributed by atoms with Crippen LogP contribution >= 0.6 is 0 Å². The fraction of sp³-hybridized carbons (Fsp3) is 0.818. The number of β-amino-alcohol motifs (C(OH)–C–C–N with tert-alkyl or cyclic N) is 1. The topological polar surface area (TPSA) is 104 Å². The summed E-state index contributed by atoms with van der Waals surface area (Å²) in [6.07, 6.45) is 0.415. The molecule has 1 amide bonds. The van der Waals surface area contributed by atoms with Crippen molar-refractivity contribution in [3.63, 3.8) is 0 Å². The molecular weight excluding hydrogens is 224 g/mol. The van der Waals surface area contributed by atoms with Gasteiger partial charge in [0.05, 0.1) is 6.10 Å². The van der Waals surface area contributed by atoms with E-state index in [9.17, 15) is 14.7 Å². The molecule has 0 spiro atoms. The fourth-order valence-electron chi connectivity index (χ4n) is 2.08. The predicted octanol–water partition coefficient (Wildman–Crippen LogP) is -0.592. The average molecular weight is 244 g/mol. The Kier molecular flexibility index (Phi) is 4.89. The minimum Gasteiger partial charge on any atom is -0.480 e. The molecule has 17 heavy (non-hydrogen) atoms. The predicted molar refractivity (Wildman–Crippen MR) is 61.2 cm³/mol. The van der Waals surface area contributed by atoms with E-state index in [0.29, 0.717) is 6.54 Å².